The summed E-state index contributed by atoms with van der Waals surface area (Å²) in [6, 6.07) is 14.5. The quantitative estimate of drug-likeness (QED) is 0.874. The highest BCUT2D eigenvalue weighted by atomic mass is 32.2. The van der Waals surface area contributed by atoms with E-state index in [-0.39, 0.29) is 4.90 Å². The summed E-state index contributed by atoms with van der Waals surface area (Å²) in [6.45, 7) is 1.00. The van der Waals surface area contributed by atoms with Crippen molar-refractivity contribution in [3.63, 3.8) is 0 Å². The van der Waals surface area contributed by atoms with Gasteiger partial charge in [0.15, 0.2) is 0 Å². The maximum Gasteiger partial charge on any atom is 0.240 e. The highest BCUT2D eigenvalue weighted by molar-refractivity contribution is 7.89. The number of rotatable bonds is 5. The topological polar surface area (TPSA) is 89.4 Å². The highest BCUT2D eigenvalue weighted by Crippen LogP contribution is 2.24. The van der Waals surface area contributed by atoms with Gasteiger partial charge < -0.3 is 10.6 Å². The molecule has 0 amide bonds. The molecule has 5 nitrogen and oxygen atoms in total. The van der Waals surface area contributed by atoms with Gasteiger partial charge in [0.1, 0.15) is 4.90 Å². The summed E-state index contributed by atoms with van der Waals surface area (Å²) in [7, 11) is -1.92. The Morgan fingerprint density at radius 2 is 1.57 bits per heavy atom. The van der Waals surface area contributed by atoms with Crippen molar-refractivity contribution in [1.82, 2.24) is 0 Å². The van der Waals surface area contributed by atoms with E-state index >= 15 is 0 Å². The van der Waals surface area contributed by atoms with E-state index in [1.54, 1.807) is 18.2 Å². The molecule has 0 bridgehead atoms. The minimum absolute atomic E-state index is 0.123. The van der Waals surface area contributed by atoms with Gasteiger partial charge in [-0.1, -0.05) is 36.4 Å². The van der Waals surface area contributed by atoms with E-state index in [4.69, 9.17) is 10.9 Å². The van der Waals surface area contributed by atoms with Crippen LogP contribution in [0.15, 0.2) is 53.4 Å². The zero-order valence-electron chi connectivity index (χ0n) is 11.9. The van der Waals surface area contributed by atoms with Crippen LogP contribution in [0.2, 0.25) is 0 Å². The van der Waals surface area contributed by atoms with Gasteiger partial charge >= 0.3 is 0 Å². The molecule has 0 aliphatic rings. The van der Waals surface area contributed by atoms with Crippen LogP contribution in [0, 0.1) is 0 Å². The lowest BCUT2D eigenvalue weighted by Gasteiger charge is -2.23. The van der Waals surface area contributed by atoms with Crippen molar-refractivity contribution in [2.75, 3.05) is 11.9 Å². The Labute approximate surface area is 125 Å². The van der Waals surface area contributed by atoms with E-state index in [1.807, 2.05) is 36.2 Å². The SMILES string of the molecule is CN(Cc1ccccc1CN)c1ccccc1S(N)(=O)=O. The summed E-state index contributed by atoms with van der Waals surface area (Å²) in [5.41, 5.74) is 8.41. The van der Waals surface area contributed by atoms with Crippen molar-refractivity contribution in [1.29, 1.82) is 0 Å². The van der Waals surface area contributed by atoms with Gasteiger partial charge in [0.05, 0.1) is 5.69 Å². The Bertz CT molecular complexity index is 729. The monoisotopic (exact) mass is 305 g/mol. The van der Waals surface area contributed by atoms with Crippen molar-refractivity contribution in [3.8, 4) is 0 Å². The number of nitrogens with two attached hydrogens (primary N) is 2. The molecule has 6 heteroatoms. The minimum atomic E-state index is -3.75. The molecule has 0 spiro atoms. The van der Waals surface area contributed by atoms with Gasteiger partial charge in [0, 0.05) is 20.1 Å². The number of para-hydroxylation sites is 1. The van der Waals surface area contributed by atoms with Crippen molar-refractivity contribution in [2.24, 2.45) is 10.9 Å². The summed E-state index contributed by atoms with van der Waals surface area (Å²) in [5, 5.41) is 5.27. The average Bonchev–Trinajstić information content (AvgIpc) is 2.47. The summed E-state index contributed by atoms with van der Waals surface area (Å²) in [6.07, 6.45) is 0. The summed E-state index contributed by atoms with van der Waals surface area (Å²) < 4.78 is 23.3. The number of hydrogen-bond acceptors (Lipinski definition) is 4. The van der Waals surface area contributed by atoms with Gasteiger partial charge in [-0.3, -0.25) is 0 Å². The number of nitrogens with zero attached hydrogens (tertiary/aromatic N) is 1. The lowest BCUT2D eigenvalue weighted by atomic mass is 10.1. The van der Waals surface area contributed by atoms with Gasteiger partial charge in [-0.2, -0.15) is 0 Å². The van der Waals surface area contributed by atoms with Crippen LogP contribution in [0.1, 0.15) is 11.1 Å². The molecule has 4 N–H and O–H groups in total. The van der Waals surface area contributed by atoms with Crippen LogP contribution >= 0.6 is 0 Å². The molecular weight excluding hydrogens is 286 g/mol. The van der Waals surface area contributed by atoms with E-state index in [9.17, 15) is 8.42 Å². The molecule has 2 rings (SSSR count). The second-order valence-electron chi connectivity index (χ2n) is 4.84. The van der Waals surface area contributed by atoms with Crippen molar-refractivity contribution in [2.45, 2.75) is 18.0 Å². The van der Waals surface area contributed by atoms with Crippen LogP contribution in [-0.2, 0) is 23.1 Å². The Balaban J connectivity index is 2.36. The first kappa shape index (κ1) is 15.5. The van der Waals surface area contributed by atoms with Crippen LogP contribution in [-0.4, -0.2) is 15.5 Å². The molecule has 0 fully saturated rings. The summed E-state index contributed by atoms with van der Waals surface area (Å²) in [5.74, 6) is 0. The molecule has 0 saturated carbocycles. The van der Waals surface area contributed by atoms with E-state index < -0.39 is 10.0 Å². The van der Waals surface area contributed by atoms with Crippen molar-refractivity contribution < 1.29 is 8.42 Å². The summed E-state index contributed by atoms with van der Waals surface area (Å²) in [4.78, 5) is 1.98. The Kier molecular flexibility index (Phi) is 4.62. The number of primary sulfonamides is 1. The zero-order chi connectivity index (χ0) is 15.5. The first-order valence-corrected chi connectivity index (χ1v) is 8.08. The Morgan fingerprint density at radius 1 is 1.00 bits per heavy atom. The number of sulfonamides is 1. The Hall–Kier alpha value is -1.89. The first-order chi connectivity index (χ1) is 9.93. The minimum Gasteiger partial charge on any atom is -0.369 e. The first-order valence-electron chi connectivity index (χ1n) is 6.53. The molecule has 21 heavy (non-hydrogen) atoms. The fourth-order valence-corrected chi connectivity index (χ4v) is 3.05. The average molecular weight is 305 g/mol. The number of benzene rings is 2. The van der Waals surface area contributed by atoms with Gasteiger partial charge in [0.2, 0.25) is 10.0 Å². The molecule has 0 radical (unpaired) electrons. The summed E-state index contributed by atoms with van der Waals surface area (Å²) >= 11 is 0. The van der Waals surface area contributed by atoms with Crippen molar-refractivity contribution >= 4 is 15.7 Å². The third kappa shape index (κ3) is 3.60. The molecule has 0 saturated heterocycles. The molecule has 2 aromatic rings. The van der Waals surface area contributed by atoms with Crippen LogP contribution in [0.5, 0.6) is 0 Å². The Morgan fingerprint density at radius 3 is 2.19 bits per heavy atom. The maximum absolute atomic E-state index is 11.7. The smallest absolute Gasteiger partial charge is 0.240 e. The zero-order valence-corrected chi connectivity index (χ0v) is 12.7. The van der Waals surface area contributed by atoms with Crippen LogP contribution < -0.4 is 15.8 Å². The predicted octanol–water partition coefficient (Wildman–Crippen LogP) is 1.43. The molecule has 112 valence electrons. The largest absolute Gasteiger partial charge is 0.369 e. The van der Waals surface area contributed by atoms with Gasteiger partial charge in [0.25, 0.3) is 0 Å². The van der Waals surface area contributed by atoms with E-state index in [0.717, 1.165) is 11.1 Å². The van der Waals surface area contributed by atoms with Gasteiger partial charge in [-0.15, -0.1) is 0 Å². The second kappa shape index (κ2) is 6.26. The lowest BCUT2D eigenvalue weighted by Crippen LogP contribution is -2.22. The molecule has 0 aliphatic heterocycles. The highest BCUT2D eigenvalue weighted by Gasteiger charge is 2.16. The third-order valence-corrected chi connectivity index (χ3v) is 4.29. The number of hydrogen-bond donors (Lipinski definition) is 2. The fourth-order valence-electron chi connectivity index (χ4n) is 2.26. The predicted molar refractivity (Wildman–Crippen MR) is 84.3 cm³/mol. The van der Waals surface area contributed by atoms with Gasteiger partial charge in [-0.25, -0.2) is 13.6 Å². The van der Waals surface area contributed by atoms with E-state index in [0.29, 0.717) is 18.8 Å². The van der Waals surface area contributed by atoms with Crippen LogP contribution in [0.25, 0.3) is 0 Å². The molecule has 0 unspecified atom stereocenters. The second-order valence-corrected chi connectivity index (χ2v) is 6.37. The fraction of sp³-hybridized carbons (Fsp3) is 0.200. The lowest BCUT2D eigenvalue weighted by molar-refractivity contribution is 0.597. The van der Waals surface area contributed by atoms with Crippen LogP contribution in [0.3, 0.4) is 0 Å². The van der Waals surface area contributed by atoms with E-state index in [2.05, 4.69) is 0 Å². The molecular formula is C15H19N3O2S. The molecule has 0 aliphatic carbocycles. The standard InChI is InChI=1S/C15H19N3O2S/c1-18(11-13-7-3-2-6-12(13)10-16)14-8-4-5-9-15(14)21(17,19)20/h2-9H,10-11,16H2,1H3,(H2,17,19,20). The molecule has 0 atom stereocenters. The van der Waals surface area contributed by atoms with Gasteiger partial charge in [-0.05, 0) is 23.3 Å². The molecule has 0 heterocycles. The van der Waals surface area contributed by atoms with Crippen LogP contribution in [0.4, 0.5) is 5.69 Å². The molecule has 0 aromatic heterocycles. The van der Waals surface area contributed by atoms with Crippen molar-refractivity contribution in [3.05, 3.63) is 59.7 Å². The van der Waals surface area contributed by atoms with E-state index in [1.165, 1.54) is 6.07 Å². The number of anilines is 1. The maximum atomic E-state index is 11.7. The third-order valence-electron chi connectivity index (χ3n) is 3.33. The normalized spacial score (nSPS) is 11.4. The molecule has 2 aromatic carbocycles.